The first kappa shape index (κ1) is 24.7. The molecule has 0 aromatic heterocycles. The number of esters is 1. The molecule has 11 unspecified atom stereocenters. The summed E-state index contributed by atoms with van der Waals surface area (Å²) in [4.78, 5) is 11.9. The van der Waals surface area contributed by atoms with Crippen molar-refractivity contribution in [2.24, 2.45) is 56.7 Å². The zero-order valence-electron chi connectivity index (χ0n) is 23.9. The smallest absolute Gasteiger partial charge is 0.302 e. The number of hydrogen-bond donors (Lipinski definition) is 0. The number of ether oxygens (including phenoxy) is 2. The van der Waals surface area contributed by atoms with Crippen LogP contribution >= 0.6 is 0 Å². The molecule has 6 fully saturated rings. The van der Waals surface area contributed by atoms with Crippen molar-refractivity contribution in [2.45, 2.75) is 138 Å². The van der Waals surface area contributed by atoms with Crippen LogP contribution in [-0.2, 0) is 14.3 Å². The summed E-state index contributed by atoms with van der Waals surface area (Å²) in [5.41, 5.74) is 1.78. The Morgan fingerprint density at radius 2 is 1.57 bits per heavy atom. The largest absolute Gasteiger partial charge is 0.462 e. The average Bonchev–Trinajstić information content (AvgIpc) is 3.62. The van der Waals surface area contributed by atoms with Crippen LogP contribution < -0.4 is 0 Å². The third-order valence-corrected chi connectivity index (χ3v) is 13.7. The zero-order valence-corrected chi connectivity index (χ0v) is 23.9. The predicted molar refractivity (Wildman–Crippen MR) is 140 cm³/mol. The molecule has 0 bridgehead atoms. The van der Waals surface area contributed by atoms with Crippen LogP contribution in [0.25, 0.3) is 0 Å². The van der Waals surface area contributed by atoms with Gasteiger partial charge in [0.05, 0.1) is 12.2 Å². The topological polar surface area (TPSA) is 38.8 Å². The van der Waals surface area contributed by atoms with Gasteiger partial charge in [-0.3, -0.25) is 4.79 Å². The van der Waals surface area contributed by atoms with Crippen molar-refractivity contribution >= 4 is 5.97 Å². The minimum Gasteiger partial charge on any atom is -0.462 e. The van der Waals surface area contributed by atoms with Gasteiger partial charge in [0.25, 0.3) is 0 Å². The molecule has 11 atom stereocenters. The molecule has 0 aromatic rings. The Morgan fingerprint density at radius 1 is 0.886 bits per heavy atom. The van der Waals surface area contributed by atoms with E-state index in [1.807, 2.05) is 0 Å². The molecular formula is C32H52O3. The molecule has 1 saturated heterocycles. The second-order valence-electron chi connectivity index (χ2n) is 15.7. The van der Waals surface area contributed by atoms with Crippen molar-refractivity contribution in [1.82, 2.24) is 0 Å². The third-order valence-electron chi connectivity index (χ3n) is 13.7. The molecule has 0 aromatic carbocycles. The van der Waals surface area contributed by atoms with Crippen molar-refractivity contribution in [3.05, 3.63) is 0 Å². The lowest BCUT2D eigenvalue weighted by molar-refractivity contribution is -0.175. The summed E-state index contributed by atoms with van der Waals surface area (Å²) in [7, 11) is 0. The number of carbonyl (C=O) groups is 1. The van der Waals surface area contributed by atoms with E-state index in [2.05, 4.69) is 48.5 Å². The van der Waals surface area contributed by atoms with Gasteiger partial charge in [0, 0.05) is 18.3 Å². The highest BCUT2D eigenvalue weighted by Gasteiger charge is 2.89. The summed E-state index contributed by atoms with van der Waals surface area (Å²) in [5, 5.41) is 0. The SMILES string of the molecule is CC(=O)OC1CCC23CC24CCC2(C)C(C(C)CCCC(C)C)CCC2(C)C4C2OC2C3C1(C)C. The Kier molecular flexibility index (Phi) is 5.31. The van der Waals surface area contributed by atoms with Gasteiger partial charge in [0.2, 0.25) is 0 Å². The van der Waals surface area contributed by atoms with Crippen LogP contribution in [0.4, 0.5) is 0 Å². The standard InChI is InChI=1S/C32H52O3/c1-19(2)10-9-11-20(3)22-12-14-30(8)27-25-24(35-25)26-28(5,6)23(34-21(4)33)13-15-31(26)18-32(27,31)17-16-29(22,30)7/h19-20,22-27H,9-18H2,1-8H3. The quantitative estimate of drug-likeness (QED) is 0.285. The maximum Gasteiger partial charge on any atom is 0.302 e. The second kappa shape index (κ2) is 7.51. The molecule has 6 rings (SSSR count). The van der Waals surface area contributed by atoms with Crippen LogP contribution in [0.5, 0.6) is 0 Å². The van der Waals surface area contributed by atoms with Crippen LogP contribution in [0.2, 0.25) is 0 Å². The Balaban J connectivity index is 1.28. The van der Waals surface area contributed by atoms with Crippen molar-refractivity contribution in [3.63, 3.8) is 0 Å². The molecule has 0 amide bonds. The summed E-state index contributed by atoms with van der Waals surface area (Å²) in [5.74, 6) is 3.71. The Morgan fingerprint density at radius 3 is 2.26 bits per heavy atom. The van der Waals surface area contributed by atoms with E-state index in [-0.39, 0.29) is 17.5 Å². The van der Waals surface area contributed by atoms with E-state index >= 15 is 0 Å². The lowest BCUT2D eigenvalue weighted by atomic mass is 9.41. The summed E-state index contributed by atoms with van der Waals surface area (Å²) >= 11 is 0. The maximum atomic E-state index is 11.9. The van der Waals surface area contributed by atoms with E-state index in [1.54, 1.807) is 6.92 Å². The summed E-state index contributed by atoms with van der Waals surface area (Å²) in [6.07, 6.45) is 14.4. The predicted octanol–water partition coefficient (Wildman–Crippen LogP) is 7.81. The minimum absolute atomic E-state index is 0.00258. The van der Waals surface area contributed by atoms with Crippen molar-refractivity contribution in [3.8, 4) is 0 Å². The normalized spacial score (nSPS) is 53.5. The fraction of sp³-hybridized carbons (Fsp3) is 0.969. The first-order chi connectivity index (χ1) is 16.3. The molecule has 5 aliphatic carbocycles. The Labute approximate surface area is 214 Å². The number of hydrogen-bond acceptors (Lipinski definition) is 3. The first-order valence-corrected chi connectivity index (χ1v) is 15.2. The molecule has 1 aliphatic heterocycles. The molecule has 0 N–H and O–H groups in total. The minimum atomic E-state index is -0.119. The molecule has 3 nitrogen and oxygen atoms in total. The number of rotatable bonds is 6. The molecule has 1 heterocycles. The highest BCUT2D eigenvalue weighted by Crippen LogP contribution is 2.91. The lowest BCUT2D eigenvalue weighted by Gasteiger charge is -2.62. The fourth-order valence-corrected chi connectivity index (χ4v) is 12.0. The van der Waals surface area contributed by atoms with E-state index in [1.165, 1.54) is 57.8 Å². The fourth-order valence-electron chi connectivity index (χ4n) is 12.0. The highest BCUT2D eigenvalue weighted by molar-refractivity contribution is 5.66. The summed E-state index contributed by atoms with van der Waals surface area (Å²) in [6.45, 7) is 19.1. The second-order valence-corrected chi connectivity index (χ2v) is 15.7. The van der Waals surface area contributed by atoms with Gasteiger partial charge in [-0.15, -0.1) is 0 Å². The van der Waals surface area contributed by atoms with Crippen LogP contribution in [-0.4, -0.2) is 24.3 Å². The van der Waals surface area contributed by atoms with Crippen LogP contribution in [0.1, 0.15) is 120 Å². The number of epoxide rings is 1. The molecule has 6 aliphatic rings. The van der Waals surface area contributed by atoms with Gasteiger partial charge in [-0.1, -0.05) is 67.7 Å². The highest BCUT2D eigenvalue weighted by atomic mass is 16.6. The van der Waals surface area contributed by atoms with Crippen molar-refractivity contribution in [1.29, 1.82) is 0 Å². The monoisotopic (exact) mass is 484 g/mol. The Bertz CT molecular complexity index is 893. The number of fused-ring (bicyclic) bond motifs is 5. The first-order valence-electron chi connectivity index (χ1n) is 15.2. The van der Waals surface area contributed by atoms with Gasteiger partial charge in [-0.25, -0.2) is 0 Å². The molecule has 35 heavy (non-hydrogen) atoms. The molecule has 5 saturated carbocycles. The van der Waals surface area contributed by atoms with Crippen LogP contribution in [0, 0.1) is 56.7 Å². The van der Waals surface area contributed by atoms with Gasteiger partial charge >= 0.3 is 5.97 Å². The number of carbonyl (C=O) groups excluding carboxylic acids is 1. The van der Waals surface area contributed by atoms with Gasteiger partial charge in [0.1, 0.15) is 6.10 Å². The van der Waals surface area contributed by atoms with Crippen LogP contribution in [0.3, 0.4) is 0 Å². The Hall–Kier alpha value is -0.570. The van der Waals surface area contributed by atoms with Crippen molar-refractivity contribution < 1.29 is 14.3 Å². The molecular weight excluding hydrogens is 432 g/mol. The van der Waals surface area contributed by atoms with E-state index in [9.17, 15) is 4.79 Å². The lowest BCUT2D eigenvalue weighted by Crippen LogP contribution is -2.60. The van der Waals surface area contributed by atoms with E-state index in [4.69, 9.17) is 9.47 Å². The third kappa shape index (κ3) is 3.03. The molecule has 3 heteroatoms. The molecule has 2 spiro atoms. The molecule has 198 valence electrons. The van der Waals surface area contributed by atoms with Gasteiger partial charge in [-0.2, -0.15) is 0 Å². The molecule has 0 radical (unpaired) electrons. The van der Waals surface area contributed by atoms with Crippen LogP contribution in [0.15, 0.2) is 0 Å². The van der Waals surface area contributed by atoms with Gasteiger partial charge in [0.15, 0.2) is 0 Å². The van der Waals surface area contributed by atoms with Crippen molar-refractivity contribution in [2.75, 3.05) is 0 Å². The van der Waals surface area contributed by atoms with E-state index in [0.717, 1.165) is 30.1 Å². The van der Waals surface area contributed by atoms with E-state index < -0.39 is 0 Å². The zero-order chi connectivity index (χ0) is 25.2. The summed E-state index contributed by atoms with van der Waals surface area (Å²) in [6, 6.07) is 0. The van der Waals surface area contributed by atoms with Gasteiger partial charge in [-0.05, 0) is 90.3 Å². The maximum absolute atomic E-state index is 11.9. The summed E-state index contributed by atoms with van der Waals surface area (Å²) < 4.78 is 12.7. The van der Waals surface area contributed by atoms with Gasteiger partial charge < -0.3 is 9.47 Å². The average molecular weight is 485 g/mol. The van der Waals surface area contributed by atoms with E-state index in [0.29, 0.717) is 39.8 Å².